The molecule has 0 aromatic heterocycles. The summed E-state index contributed by atoms with van der Waals surface area (Å²) in [5.74, 6) is -2.11. The van der Waals surface area contributed by atoms with E-state index in [0.29, 0.717) is 12.8 Å². The first-order valence-electron chi connectivity index (χ1n) is 6.43. The van der Waals surface area contributed by atoms with Crippen LogP contribution in [-0.2, 0) is 4.79 Å². The Hall–Kier alpha value is -2.11. The van der Waals surface area contributed by atoms with E-state index in [1.54, 1.807) is 13.8 Å². The number of carbonyl (C=O) groups excluding carboxylic acids is 1. The van der Waals surface area contributed by atoms with Gasteiger partial charge in [0.05, 0.1) is 11.0 Å². The van der Waals surface area contributed by atoms with E-state index in [2.05, 4.69) is 5.32 Å². The van der Waals surface area contributed by atoms with Gasteiger partial charge in [-0.2, -0.15) is 0 Å². The number of hydrogen-bond acceptors (Lipinski definition) is 3. The monoisotopic (exact) mass is 282 g/mol. The summed E-state index contributed by atoms with van der Waals surface area (Å²) in [5.41, 5.74) is 4.76. The normalized spacial score (nSPS) is 11.2. The smallest absolute Gasteiger partial charge is 0.311 e. The number of hydrogen-bond donors (Lipinski definition) is 3. The van der Waals surface area contributed by atoms with Crippen molar-refractivity contribution < 1.29 is 19.1 Å². The van der Waals surface area contributed by atoms with Gasteiger partial charge in [-0.3, -0.25) is 9.59 Å². The number of aliphatic carboxylic acids is 1. The fraction of sp³-hybridized carbons (Fsp3) is 0.429. The fourth-order valence-corrected chi connectivity index (χ4v) is 1.95. The van der Waals surface area contributed by atoms with Crippen molar-refractivity contribution in [1.29, 1.82) is 0 Å². The molecule has 6 heteroatoms. The van der Waals surface area contributed by atoms with E-state index in [9.17, 15) is 19.1 Å². The summed E-state index contributed by atoms with van der Waals surface area (Å²) in [6, 6.07) is 3.49. The highest BCUT2D eigenvalue weighted by Crippen LogP contribution is 2.26. The summed E-state index contributed by atoms with van der Waals surface area (Å²) in [4.78, 5) is 23.3. The molecule has 0 spiro atoms. The van der Waals surface area contributed by atoms with Gasteiger partial charge in [0, 0.05) is 12.2 Å². The molecule has 4 N–H and O–H groups in total. The molecule has 5 nitrogen and oxygen atoms in total. The largest absolute Gasteiger partial charge is 0.481 e. The van der Waals surface area contributed by atoms with Crippen molar-refractivity contribution in [3.05, 3.63) is 29.6 Å². The lowest BCUT2D eigenvalue weighted by Crippen LogP contribution is -2.42. The molecule has 0 aliphatic rings. The second-order valence-corrected chi connectivity index (χ2v) is 4.71. The van der Waals surface area contributed by atoms with E-state index in [1.807, 2.05) is 0 Å². The van der Waals surface area contributed by atoms with Crippen LogP contribution in [0.15, 0.2) is 18.2 Å². The highest BCUT2D eigenvalue weighted by molar-refractivity contribution is 5.99. The molecule has 110 valence electrons. The molecule has 1 rings (SSSR count). The van der Waals surface area contributed by atoms with Crippen LogP contribution in [0, 0.1) is 11.2 Å². The molecule has 0 heterocycles. The molecule has 0 atom stereocenters. The third kappa shape index (κ3) is 3.26. The van der Waals surface area contributed by atoms with Crippen molar-refractivity contribution in [3.63, 3.8) is 0 Å². The maximum absolute atomic E-state index is 13.1. The molecule has 0 fully saturated rings. The van der Waals surface area contributed by atoms with Gasteiger partial charge in [-0.25, -0.2) is 4.39 Å². The maximum Gasteiger partial charge on any atom is 0.311 e. The number of carboxylic acid groups (broad SMARTS) is 1. The summed E-state index contributed by atoms with van der Waals surface area (Å²) in [7, 11) is 0. The Morgan fingerprint density at radius 1 is 1.35 bits per heavy atom. The summed E-state index contributed by atoms with van der Waals surface area (Å²) >= 11 is 0. The molecule has 0 bridgehead atoms. The summed E-state index contributed by atoms with van der Waals surface area (Å²) in [6.07, 6.45) is 0.773. The summed E-state index contributed by atoms with van der Waals surface area (Å²) in [5, 5.41) is 11.8. The molecule has 20 heavy (non-hydrogen) atoms. The standard InChI is InChI=1S/C14H19FN2O3/c1-3-14(4-2,13(19)20)8-17-12(18)10-7-9(15)5-6-11(10)16/h5-7H,3-4,8,16H2,1-2H3,(H,17,18)(H,19,20). The van der Waals surface area contributed by atoms with E-state index in [0.717, 1.165) is 12.1 Å². The molecular weight excluding hydrogens is 263 g/mol. The maximum atomic E-state index is 13.1. The number of nitrogens with one attached hydrogen (secondary N) is 1. The van der Waals surface area contributed by atoms with Gasteiger partial charge in [-0.15, -0.1) is 0 Å². The molecule has 0 radical (unpaired) electrons. The predicted octanol–water partition coefficient (Wildman–Crippen LogP) is 2.03. The van der Waals surface area contributed by atoms with E-state index >= 15 is 0 Å². The first kappa shape index (κ1) is 15.9. The van der Waals surface area contributed by atoms with Gasteiger partial charge in [0.2, 0.25) is 0 Å². The van der Waals surface area contributed by atoms with Crippen LogP contribution in [0.3, 0.4) is 0 Å². The number of nitrogens with two attached hydrogens (primary N) is 1. The van der Waals surface area contributed by atoms with Gasteiger partial charge >= 0.3 is 5.97 Å². The second kappa shape index (κ2) is 6.36. The molecule has 1 aromatic carbocycles. The number of nitrogen functional groups attached to an aromatic ring is 1. The predicted molar refractivity (Wildman–Crippen MR) is 73.8 cm³/mol. The third-order valence-electron chi connectivity index (χ3n) is 3.65. The number of rotatable bonds is 6. The van der Waals surface area contributed by atoms with Gasteiger partial charge in [-0.05, 0) is 31.0 Å². The lowest BCUT2D eigenvalue weighted by atomic mass is 9.82. The van der Waals surface area contributed by atoms with E-state index in [-0.39, 0.29) is 17.8 Å². The number of carbonyl (C=O) groups is 2. The number of benzene rings is 1. The molecule has 1 aromatic rings. The molecule has 0 saturated carbocycles. The lowest BCUT2D eigenvalue weighted by Gasteiger charge is -2.26. The zero-order valence-electron chi connectivity index (χ0n) is 11.6. The molecule has 0 aliphatic heterocycles. The van der Waals surface area contributed by atoms with Crippen molar-refractivity contribution in [2.75, 3.05) is 12.3 Å². The molecule has 1 amide bonds. The number of halogens is 1. The Morgan fingerprint density at radius 3 is 2.45 bits per heavy atom. The van der Waals surface area contributed by atoms with Gasteiger partial charge in [0.1, 0.15) is 5.82 Å². The highest BCUT2D eigenvalue weighted by Gasteiger charge is 2.35. The Labute approximate surface area is 117 Å². The highest BCUT2D eigenvalue weighted by atomic mass is 19.1. The molecule has 0 unspecified atom stereocenters. The van der Waals surface area contributed by atoms with Crippen molar-refractivity contribution >= 4 is 17.6 Å². The zero-order chi connectivity index (χ0) is 15.3. The van der Waals surface area contributed by atoms with Crippen molar-refractivity contribution in [2.45, 2.75) is 26.7 Å². The van der Waals surface area contributed by atoms with Gasteiger partial charge in [0.15, 0.2) is 0 Å². The average molecular weight is 282 g/mol. The molecule has 0 saturated heterocycles. The van der Waals surface area contributed by atoms with Crippen LogP contribution in [0.2, 0.25) is 0 Å². The Balaban J connectivity index is 2.86. The SMILES string of the molecule is CCC(CC)(CNC(=O)c1cc(F)ccc1N)C(=O)O. The topological polar surface area (TPSA) is 92.4 Å². The molecule has 0 aliphatic carbocycles. The Bertz CT molecular complexity index is 513. The minimum absolute atomic E-state index is 0.0106. The Morgan fingerprint density at radius 2 is 1.95 bits per heavy atom. The Kier molecular flexibility index (Phi) is 5.07. The van der Waals surface area contributed by atoms with Crippen LogP contribution < -0.4 is 11.1 Å². The van der Waals surface area contributed by atoms with Gasteiger partial charge < -0.3 is 16.2 Å². The van der Waals surface area contributed by atoms with Gasteiger partial charge in [0.25, 0.3) is 5.91 Å². The summed E-state index contributed by atoms with van der Waals surface area (Å²) in [6.45, 7) is 3.48. The van der Waals surface area contributed by atoms with Crippen molar-refractivity contribution in [2.24, 2.45) is 5.41 Å². The van der Waals surface area contributed by atoms with Crippen LogP contribution in [0.4, 0.5) is 10.1 Å². The zero-order valence-corrected chi connectivity index (χ0v) is 11.6. The van der Waals surface area contributed by atoms with Crippen LogP contribution in [0.5, 0.6) is 0 Å². The fourth-order valence-electron chi connectivity index (χ4n) is 1.95. The van der Waals surface area contributed by atoms with Crippen LogP contribution in [0.1, 0.15) is 37.0 Å². The van der Waals surface area contributed by atoms with Crippen molar-refractivity contribution in [1.82, 2.24) is 5.32 Å². The van der Waals surface area contributed by atoms with Crippen LogP contribution in [-0.4, -0.2) is 23.5 Å². The van der Waals surface area contributed by atoms with Crippen molar-refractivity contribution in [3.8, 4) is 0 Å². The molecular formula is C14H19FN2O3. The summed E-state index contributed by atoms with van der Waals surface area (Å²) < 4.78 is 13.1. The van der Waals surface area contributed by atoms with E-state index in [4.69, 9.17) is 5.73 Å². The van der Waals surface area contributed by atoms with E-state index < -0.39 is 23.1 Å². The number of carboxylic acids is 1. The first-order valence-corrected chi connectivity index (χ1v) is 6.43. The van der Waals surface area contributed by atoms with Crippen LogP contribution >= 0.6 is 0 Å². The van der Waals surface area contributed by atoms with Crippen LogP contribution in [0.25, 0.3) is 0 Å². The lowest BCUT2D eigenvalue weighted by molar-refractivity contribution is -0.149. The number of amides is 1. The second-order valence-electron chi connectivity index (χ2n) is 4.71. The van der Waals surface area contributed by atoms with Gasteiger partial charge in [-0.1, -0.05) is 13.8 Å². The quantitative estimate of drug-likeness (QED) is 0.696. The minimum atomic E-state index is -1.02. The minimum Gasteiger partial charge on any atom is -0.481 e. The third-order valence-corrected chi connectivity index (χ3v) is 3.65. The average Bonchev–Trinajstić information content (AvgIpc) is 2.42. The first-order chi connectivity index (χ1) is 9.36. The number of anilines is 1. The van der Waals surface area contributed by atoms with E-state index in [1.165, 1.54) is 6.07 Å².